The minimum Gasteiger partial charge on any atom is -0.372 e. The van der Waals surface area contributed by atoms with Gasteiger partial charge in [-0.05, 0) is 44.4 Å². The summed E-state index contributed by atoms with van der Waals surface area (Å²) in [5.74, 6) is 0.735. The predicted molar refractivity (Wildman–Crippen MR) is 89.7 cm³/mol. The van der Waals surface area contributed by atoms with Gasteiger partial charge in [0.15, 0.2) is 0 Å². The number of ether oxygens (including phenoxy) is 1. The van der Waals surface area contributed by atoms with Crippen LogP contribution in [0.4, 0.5) is 0 Å². The molecule has 3 nitrogen and oxygen atoms in total. The lowest BCUT2D eigenvalue weighted by Crippen LogP contribution is -2.42. The lowest BCUT2D eigenvalue weighted by atomic mass is 10.1. The highest BCUT2D eigenvalue weighted by Crippen LogP contribution is 2.24. The van der Waals surface area contributed by atoms with Gasteiger partial charge in [0, 0.05) is 31.7 Å². The Hall–Kier alpha value is -0.120. The molecule has 0 aromatic carbocycles. The Labute approximate surface area is 131 Å². The van der Waals surface area contributed by atoms with Crippen LogP contribution in [-0.4, -0.2) is 48.8 Å². The second-order valence-corrected chi connectivity index (χ2v) is 7.46. The first-order chi connectivity index (χ1) is 10.1. The van der Waals surface area contributed by atoms with Crippen LogP contribution in [0.1, 0.15) is 66.2 Å². The van der Waals surface area contributed by atoms with Crippen molar-refractivity contribution in [2.24, 2.45) is 5.92 Å². The number of hydrogen-bond acceptors (Lipinski definition) is 3. The van der Waals surface area contributed by atoms with Gasteiger partial charge in [0.2, 0.25) is 0 Å². The highest BCUT2D eigenvalue weighted by molar-refractivity contribution is 4.85. The Morgan fingerprint density at radius 1 is 1.05 bits per heavy atom. The van der Waals surface area contributed by atoms with Gasteiger partial charge in [-0.3, -0.25) is 4.90 Å². The third kappa shape index (κ3) is 5.88. The first kappa shape index (κ1) is 17.2. The molecule has 0 aromatic heterocycles. The monoisotopic (exact) mass is 296 g/mol. The Morgan fingerprint density at radius 3 is 2.29 bits per heavy atom. The molecular formula is C18H36N2O. The molecule has 0 spiro atoms. The molecule has 1 saturated carbocycles. The molecule has 0 bridgehead atoms. The van der Waals surface area contributed by atoms with Crippen molar-refractivity contribution in [1.29, 1.82) is 0 Å². The van der Waals surface area contributed by atoms with Crippen molar-refractivity contribution in [1.82, 2.24) is 10.2 Å². The summed E-state index contributed by atoms with van der Waals surface area (Å²) in [6.07, 6.45) is 8.63. The summed E-state index contributed by atoms with van der Waals surface area (Å²) in [5, 5.41) is 3.61. The molecule has 1 heterocycles. The molecule has 1 saturated heterocycles. The highest BCUT2D eigenvalue weighted by atomic mass is 16.5. The van der Waals surface area contributed by atoms with Gasteiger partial charge in [0.1, 0.15) is 0 Å². The van der Waals surface area contributed by atoms with E-state index in [1.165, 1.54) is 45.1 Å². The maximum atomic E-state index is 6.29. The van der Waals surface area contributed by atoms with Crippen LogP contribution in [0.2, 0.25) is 0 Å². The number of nitrogens with zero attached hydrogens (tertiary/aromatic N) is 1. The molecule has 3 heteroatoms. The Kier molecular flexibility index (Phi) is 6.97. The molecule has 0 amide bonds. The summed E-state index contributed by atoms with van der Waals surface area (Å²) in [6, 6.07) is 1.52. The fourth-order valence-electron chi connectivity index (χ4n) is 3.56. The third-order valence-electron chi connectivity index (χ3n) is 4.90. The zero-order valence-electron chi connectivity index (χ0n) is 14.6. The van der Waals surface area contributed by atoms with Crippen LogP contribution in [0.15, 0.2) is 0 Å². The lowest BCUT2D eigenvalue weighted by molar-refractivity contribution is 0.0102. The van der Waals surface area contributed by atoms with E-state index in [4.69, 9.17) is 4.74 Å². The van der Waals surface area contributed by atoms with Crippen molar-refractivity contribution in [2.75, 3.05) is 19.6 Å². The Balaban J connectivity index is 1.76. The van der Waals surface area contributed by atoms with Gasteiger partial charge in [0.05, 0.1) is 12.2 Å². The van der Waals surface area contributed by atoms with Crippen LogP contribution in [-0.2, 0) is 4.74 Å². The molecule has 2 rings (SSSR count). The molecule has 1 aliphatic carbocycles. The molecule has 2 fully saturated rings. The summed E-state index contributed by atoms with van der Waals surface area (Å²) in [7, 11) is 0. The maximum absolute atomic E-state index is 6.29. The van der Waals surface area contributed by atoms with Gasteiger partial charge in [-0.2, -0.15) is 0 Å². The summed E-state index contributed by atoms with van der Waals surface area (Å²) < 4.78 is 6.29. The normalized spacial score (nSPS) is 26.4. The lowest BCUT2D eigenvalue weighted by Gasteiger charge is -2.33. The van der Waals surface area contributed by atoms with Crippen LogP contribution in [0.25, 0.3) is 0 Å². The molecule has 2 unspecified atom stereocenters. The minimum atomic E-state index is 0.454. The summed E-state index contributed by atoms with van der Waals surface area (Å²) >= 11 is 0. The SMILES string of the molecule is CCC(CC)N(CC(C)C)CC1CCC(CNC2CC2)O1. The van der Waals surface area contributed by atoms with Crippen molar-refractivity contribution in [3.63, 3.8) is 0 Å². The average molecular weight is 296 g/mol. The van der Waals surface area contributed by atoms with Gasteiger partial charge in [-0.1, -0.05) is 27.7 Å². The van der Waals surface area contributed by atoms with Crippen molar-refractivity contribution in [3.8, 4) is 0 Å². The zero-order chi connectivity index (χ0) is 15.2. The fourth-order valence-corrected chi connectivity index (χ4v) is 3.56. The quantitative estimate of drug-likeness (QED) is 0.668. The van der Waals surface area contributed by atoms with Crippen molar-refractivity contribution in [2.45, 2.75) is 90.5 Å². The van der Waals surface area contributed by atoms with E-state index in [0.717, 1.165) is 31.1 Å². The van der Waals surface area contributed by atoms with Gasteiger partial charge in [-0.25, -0.2) is 0 Å². The van der Waals surface area contributed by atoms with E-state index in [2.05, 4.69) is 37.9 Å². The van der Waals surface area contributed by atoms with Gasteiger partial charge in [0.25, 0.3) is 0 Å². The van der Waals surface area contributed by atoms with E-state index >= 15 is 0 Å². The van der Waals surface area contributed by atoms with E-state index in [9.17, 15) is 0 Å². The smallest absolute Gasteiger partial charge is 0.0707 e. The second-order valence-electron chi connectivity index (χ2n) is 7.46. The van der Waals surface area contributed by atoms with E-state index in [-0.39, 0.29) is 0 Å². The molecule has 2 atom stereocenters. The van der Waals surface area contributed by atoms with Gasteiger partial charge in [-0.15, -0.1) is 0 Å². The molecule has 21 heavy (non-hydrogen) atoms. The van der Waals surface area contributed by atoms with Crippen molar-refractivity contribution in [3.05, 3.63) is 0 Å². The number of nitrogens with one attached hydrogen (secondary N) is 1. The van der Waals surface area contributed by atoms with E-state index in [1.807, 2.05) is 0 Å². The molecule has 0 aromatic rings. The van der Waals surface area contributed by atoms with Crippen LogP contribution in [0.3, 0.4) is 0 Å². The summed E-state index contributed by atoms with van der Waals surface area (Å²) in [6.45, 7) is 12.7. The van der Waals surface area contributed by atoms with Gasteiger partial charge < -0.3 is 10.1 Å². The van der Waals surface area contributed by atoms with Crippen LogP contribution in [0.5, 0.6) is 0 Å². The first-order valence-electron chi connectivity index (χ1n) is 9.25. The zero-order valence-corrected chi connectivity index (χ0v) is 14.6. The minimum absolute atomic E-state index is 0.454. The molecular weight excluding hydrogens is 260 g/mol. The van der Waals surface area contributed by atoms with E-state index < -0.39 is 0 Å². The number of rotatable bonds is 10. The summed E-state index contributed by atoms with van der Waals surface area (Å²) in [5.41, 5.74) is 0. The van der Waals surface area contributed by atoms with Crippen LogP contribution < -0.4 is 5.32 Å². The molecule has 1 N–H and O–H groups in total. The van der Waals surface area contributed by atoms with E-state index in [0.29, 0.717) is 12.2 Å². The van der Waals surface area contributed by atoms with Gasteiger partial charge >= 0.3 is 0 Å². The van der Waals surface area contributed by atoms with Crippen LogP contribution in [0, 0.1) is 5.92 Å². The standard InChI is InChI=1S/C18H36N2O/c1-5-16(6-2)20(12-14(3)4)13-18-10-9-17(21-18)11-19-15-7-8-15/h14-19H,5-13H2,1-4H3. The average Bonchev–Trinajstić information content (AvgIpc) is 3.17. The van der Waals surface area contributed by atoms with E-state index in [1.54, 1.807) is 0 Å². The topological polar surface area (TPSA) is 24.5 Å². The Morgan fingerprint density at radius 2 is 1.71 bits per heavy atom. The first-order valence-corrected chi connectivity index (χ1v) is 9.25. The van der Waals surface area contributed by atoms with Crippen LogP contribution >= 0.6 is 0 Å². The van der Waals surface area contributed by atoms with Crippen molar-refractivity contribution < 1.29 is 4.74 Å². The number of hydrogen-bond donors (Lipinski definition) is 1. The third-order valence-corrected chi connectivity index (χ3v) is 4.90. The molecule has 0 radical (unpaired) electrons. The molecule has 124 valence electrons. The summed E-state index contributed by atoms with van der Waals surface area (Å²) in [4.78, 5) is 2.69. The second kappa shape index (κ2) is 8.50. The fraction of sp³-hybridized carbons (Fsp3) is 1.00. The maximum Gasteiger partial charge on any atom is 0.0707 e. The largest absolute Gasteiger partial charge is 0.372 e. The molecule has 2 aliphatic rings. The Bertz CT molecular complexity index is 287. The molecule has 1 aliphatic heterocycles. The van der Waals surface area contributed by atoms with Crippen molar-refractivity contribution >= 4 is 0 Å². The highest BCUT2D eigenvalue weighted by Gasteiger charge is 2.30. The predicted octanol–water partition coefficient (Wildman–Crippen LogP) is 3.43.